The van der Waals surface area contributed by atoms with Crippen molar-refractivity contribution in [1.29, 1.82) is 0 Å². The fraction of sp³-hybridized carbons (Fsp3) is 0.294. The van der Waals surface area contributed by atoms with Gasteiger partial charge >= 0.3 is 0 Å². The van der Waals surface area contributed by atoms with Crippen LogP contribution in [0, 0.1) is 0 Å². The second-order valence-electron chi connectivity index (χ2n) is 5.89. The van der Waals surface area contributed by atoms with Gasteiger partial charge in [0.25, 0.3) is 5.56 Å². The zero-order valence-electron chi connectivity index (χ0n) is 14.3. The van der Waals surface area contributed by atoms with E-state index in [1.165, 1.54) is 22.7 Å². The molecule has 0 aliphatic heterocycles. The van der Waals surface area contributed by atoms with Crippen LogP contribution in [0.15, 0.2) is 39.5 Å². The lowest BCUT2D eigenvalue weighted by atomic mass is 10.3. The fourth-order valence-corrected chi connectivity index (χ4v) is 5.28. The molecule has 1 atom stereocenters. The maximum absolute atomic E-state index is 12.5. The number of thioether (sulfide) groups is 1. The molecule has 4 aromatic rings. The maximum atomic E-state index is 12.5. The third-order valence-electron chi connectivity index (χ3n) is 3.98. The summed E-state index contributed by atoms with van der Waals surface area (Å²) in [6.07, 6.45) is 1.03. The highest BCUT2D eigenvalue weighted by Gasteiger charge is 2.11. The van der Waals surface area contributed by atoms with Crippen LogP contribution >= 0.6 is 34.4 Å². The standard InChI is InChI=1S/C17H17N5OS3/c1-3-10(2)18-15-20-21-17(26-15)24-9-11-8-14(23)22-12-6-4-5-7-13(12)25-16(22)19-11/h4-8,10H,3,9H2,1-2H3,(H,18,20)/t10-/m1/s1. The van der Waals surface area contributed by atoms with Crippen molar-refractivity contribution in [1.82, 2.24) is 19.6 Å². The number of thiazole rings is 1. The number of nitrogens with zero attached hydrogens (tertiary/aromatic N) is 4. The van der Waals surface area contributed by atoms with E-state index in [9.17, 15) is 4.79 Å². The zero-order chi connectivity index (χ0) is 18.1. The highest BCUT2D eigenvalue weighted by Crippen LogP contribution is 2.29. The Kier molecular flexibility index (Phi) is 4.92. The molecule has 0 fully saturated rings. The first-order valence-electron chi connectivity index (χ1n) is 8.27. The van der Waals surface area contributed by atoms with Crippen molar-refractivity contribution < 1.29 is 0 Å². The molecule has 0 aliphatic carbocycles. The Bertz CT molecular complexity index is 1120. The van der Waals surface area contributed by atoms with Gasteiger partial charge in [-0.25, -0.2) is 4.98 Å². The second-order valence-corrected chi connectivity index (χ2v) is 9.10. The van der Waals surface area contributed by atoms with Gasteiger partial charge in [0.2, 0.25) is 5.13 Å². The molecule has 0 bridgehead atoms. The van der Waals surface area contributed by atoms with Crippen LogP contribution in [0.1, 0.15) is 26.0 Å². The van der Waals surface area contributed by atoms with Crippen LogP contribution in [0.5, 0.6) is 0 Å². The van der Waals surface area contributed by atoms with Crippen molar-refractivity contribution in [3.63, 3.8) is 0 Å². The van der Waals surface area contributed by atoms with Crippen LogP contribution in [0.3, 0.4) is 0 Å². The molecule has 0 spiro atoms. The maximum Gasteiger partial charge on any atom is 0.259 e. The van der Waals surface area contributed by atoms with E-state index < -0.39 is 0 Å². The van der Waals surface area contributed by atoms with Gasteiger partial charge < -0.3 is 5.32 Å². The monoisotopic (exact) mass is 403 g/mol. The summed E-state index contributed by atoms with van der Waals surface area (Å²) in [5, 5.41) is 12.5. The predicted octanol–water partition coefficient (Wildman–Crippen LogP) is 4.26. The van der Waals surface area contributed by atoms with Crippen molar-refractivity contribution >= 4 is 54.7 Å². The van der Waals surface area contributed by atoms with E-state index in [4.69, 9.17) is 0 Å². The molecule has 0 unspecified atom stereocenters. The molecule has 0 radical (unpaired) electrons. The minimum atomic E-state index is -0.0422. The Balaban J connectivity index is 1.54. The molecular formula is C17H17N5OS3. The van der Waals surface area contributed by atoms with Gasteiger partial charge in [0.15, 0.2) is 9.30 Å². The number of anilines is 1. The van der Waals surface area contributed by atoms with E-state index in [-0.39, 0.29) is 5.56 Å². The topological polar surface area (TPSA) is 72.2 Å². The SMILES string of the molecule is CC[C@@H](C)Nc1nnc(SCc2cc(=O)n3c(n2)sc2ccccc23)s1. The van der Waals surface area contributed by atoms with E-state index in [0.29, 0.717) is 11.8 Å². The summed E-state index contributed by atoms with van der Waals surface area (Å²) in [7, 11) is 0. The van der Waals surface area contributed by atoms with Crippen molar-refractivity contribution in [2.45, 2.75) is 36.4 Å². The Morgan fingerprint density at radius 1 is 1.27 bits per heavy atom. The Morgan fingerprint density at radius 3 is 2.96 bits per heavy atom. The number of hydrogen-bond acceptors (Lipinski definition) is 8. The number of para-hydroxylation sites is 1. The van der Waals surface area contributed by atoms with Gasteiger partial charge in [0.1, 0.15) is 0 Å². The first-order valence-corrected chi connectivity index (χ1v) is 10.9. The lowest BCUT2D eigenvalue weighted by molar-refractivity contribution is 0.759. The molecule has 0 amide bonds. The minimum Gasteiger partial charge on any atom is -0.358 e. The Hall–Kier alpha value is -1.97. The molecule has 6 nitrogen and oxygen atoms in total. The number of rotatable bonds is 6. The molecule has 0 aliphatic rings. The minimum absolute atomic E-state index is 0.0422. The van der Waals surface area contributed by atoms with Crippen LogP contribution in [-0.2, 0) is 5.75 Å². The molecule has 134 valence electrons. The van der Waals surface area contributed by atoms with Crippen LogP contribution in [0.4, 0.5) is 5.13 Å². The number of nitrogens with one attached hydrogen (secondary N) is 1. The number of fused-ring (bicyclic) bond motifs is 3. The highest BCUT2D eigenvalue weighted by atomic mass is 32.2. The van der Waals surface area contributed by atoms with Gasteiger partial charge in [0.05, 0.1) is 15.9 Å². The van der Waals surface area contributed by atoms with Crippen molar-refractivity contribution in [3.8, 4) is 0 Å². The van der Waals surface area contributed by atoms with Gasteiger partial charge in [-0.1, -0.05) is 53.5 Å². The van der Waals surface area contributed by atoms with Gasteiger partial charge in [-0.05, 0) is 25.5 Å². The lowest BCUT2D eigenvalue weighted by Crippen LogP contribution is -2.13. The van der Waals surface area contributed by atoms with E-state index in [1.54, 1.807) is 22.2 Å². The summed E-state index contributed by atoms with van der Waals surface area (Å²) in [5.41, 5.74) is 1.63. The first-order chi connectivity index (χ1) is 12.6. The van der Waals surface area contributed by atoms with Crippen LogP contribution < -0.4 is 10.9 Å². The second kappa shape index (κ2) is 7.34. The molecule has 0 saturated carbocycles. The molecule has 1 N–H and O–H groups in total. The zero-order valence-corrected chi connectivity index (χ0v) is 16.7. The third kappa shape index (κ3) is 3.46. The normalized spacial score (nSPS) is 12.7. The van der Waals surface area contributed by atoms with Crippen LogP contribution in [0.2, 0.25) is 0 Å². The smallest absolute Gasteiger partial charge is 0.259 e. The lowest BCUT2D eigenvalue weighted by Gasteiger charge is -2.07. The van der Waals surface area contributed by atoms with Crippen molar-refractivity contribution in [2.24, 2.45) is 0 Å². The molecule has 3 aromatic heterocycles. The van der Waals surface area contributed by atoms with Gasteiger partial charge in [0, 0.05) is 17.9 Å². The quantitative estimate of drug-likeness (QED) is 0.485. The summed E-state index contributed by atoms with van der Waals surface area (Å²) in [4.78, 5) is 17.9. The first kappa shape index (κ1) is 17.4. The van der Waals surface area contributed by atoms with Gasteiger partial charge in [-0.15, -0.1) is 10.2 Å². The summed E-state index contributed by atoms with van der Waals surface area (Å²) in [5.74, 6) is 0.595. The van der Waals surface area contributed by atoms with Crippen molar-refractivity contribution in [2.75, 3.05) is 5.32 Å². The van der Waals surface area contributed by atoms with E-state index >= 15 is 0 Å². The molecule has 4 rings (SSSR count). The molecule has 0 saturated heterocycles. The number of aromatic nitrogens is 4. The average molecular weight is 404 g/mol. The van der Waals surface area contributed by atoms with E-state index in [1.807, 2.05) is 24.3 Å². The average Bonchev–Trinajstić information content (AvgIpc) is 3.23. The van der Waals surface area contributed by atoms with E-state index in [2.05, 4.69) is 34.3 Å². The predicted molar refractivity (Wildman–Crippen MR) is 110 cm³/mol. The molecular weight excluding hydrogens is 386 g/mol. The van der Waals surface area contributed by atoms with Crippen molar-refractivity contribution in [3.05, 3.63) is 46.4 Å². The summed E-state index contributed by atoms with van der Waals surface area (Å²) < 4.78 is 3.61. The van der Waals surface area contributed by atoms with Gasteiger partial charge in [-0.2, -0.15) is 0 Å². The van der Waals surface area contributed by atoms with Crippen LogP contribution in [0.25, 0.3) is 15.2 Å². The Labute approximate surface area is 162 Å². The third-order valence-corrected chi connectivity index (χ3v) is 7.02. The molecule has 26 heavy (non-hydrogen) atoms. The summed E-state index contributed by atoms with van der Waals surface area (Å²) in [6, 6.07) is 9.85. The largest absolute Gasteiger partial charge is 0.358 e. The summed E-state index contributed by atoms with van der Waals surface area (Å²) >= 11 is 4.61. The molecule has 9 heteroatoms. The molecule has 1 aromatic carbocycles. The van der Waals surface area contributed by atoms with E-state index in [0.717, 1.165) is 36.8 Å². The van der Waals surface area contributed by atoms with Gasteiger partial charge in [-0.3, -0.25) is 9.20 Å². The van der Waals surface area contributed by atoms with Crippen LogP contribution in [-0.4, -0.2) is 25.6 Å². The number of hydrogen-bond donors (Lipinski definition) is 1. The highest BCUT2D eigenvalue weighted by molar-refractivity contribution is 8.00. The molecule has 3 heterocycles. The number of benzene rings is 1. The fourth-order valence-electron chi connectivity index (χ4n) is 2.47. The Morgan fingerprint density at radius 2 is 2.12 bits per heavy atom. The summed E-state index contributed by atoms with van der Waals surface area (Å²) in [6.45, 7) is 4.24.